The Morgan fingerprint density at radius 2 is 1.82 bits per heavy atom. The van der Waals surface area contributed by atoms with Crippen molar-refractivity contribution >= 4 is 10.8 Å². The summed E-state index contributed by atoms with van der Waals surface area (Å²) in [6.07, 6.45) is -2.76. The summed E-state index contributed by atoms with van der Waals surface area (Å²) in [7, 11) is -1.02. The molecule has 3 nitrogen and oxygen atoms in total. The summed E-state index contributed by atoms with van der Waals surface area (Å²) in [5, 5.41) is 19.4. The molecule has 2 unspecified atom stereocenters. The predicted octanol–water partition coefficient (Wildman–Crippen LogP) is 2.84. The molecule has 0 saturated carbocycles. The lowest BCUT2D eigenvalue weighted by atomic mass is 9.84. The summed E-state index contributed by atoms with van der Waals surface area (Å²) in [4.78, 5) is 0. The smallest absolute Gasteiger partial charge is 0.385 e. The van der Waals surface area contributed by atoms with Crippen molar-refractivity contribution in [2.24, 2.45) is 0 Å². The van der Waals surface area contributed by atoms with Gasteiger partial charge in [-0.15, -0.1) is 0 Å². The van der Waals surface area contributed by atoms with E-state index in [9.17, 15) is 22.5 Å². The molecule has 2 saturated heterocycles. The van der Waals surface area contributed by atoms with Gasteiger partial charge in [-0.05, 0) is 49.4 Å². The van der Waals surface area contributed by atoms with E-state index in [2.05, 4.69) is 0 Å². The second kappa shape index (κ2) is 5.07. The summed E-state index contributed by atoms with van der Waals surface area (Å²) < 4.78 is 50.9. The van der Waals surface area contributed by atoms with E-state index >= 15 is 0 Å². The van der Waals surface area contributed by atoms with Gasteiger partial charge in [0, 0.05) is 21.3 Å². The van der Waals surface area contributed by atoms with Crippen molar-refractivity contribution in [2.45, 2.75) is 48.0 Å². The van der Waals surface area contributed by atoms with Gasteiger partial charge in [-0.3, -0.25) is 4.21 Å². The van der Waals surface area contributed by atoms with Gasteiger partial charge in [-0.1, -0.05) is 0 Å². The Labute approximate surface area is 128 Å². The van der Waals surface area contributed by atoms with Crippen molar-refractivity contribution < 1.29 is 22.5 Å². The number of fused-ring (bicyclic) bond motifs is 2. The maximum absolute atomic E-state index is 13.0. The molecule has 2 atom stereocenters. The molecule has 22 heavy (non-hydrogen) atoms. The third-order valence-corrected chi connectivity index (χ3v) is 6.64. The monoisotopic (exact) mass is 329 g/mol. The number of nitriles is 1. The van der Waals surface area contributed by atoms with Gasteiger partial charge in [-0.25, -0.2) is 0 Å². The summed E-state index contributed by atoms with van der Waals surface area (Å²) in [5.74, 6) is 0. The van der Waals surface area contributed by atoms with E-state index in [4.69, 9.17) is 5.26 Å². The van der Waals surface area contributed by atoms with E-state index in [1.807, 2.05) is 0 Å². The summed E-state index contributed by atoms with van der Waals surface area (Å²) in [6, 6.07) is 4.71. The Hall–Kier alpha value is -1.39. The Morgan fingerprint density at radius 3 is 2.32 bits per heavy atom. The van der Waals surface area contributed by atoms with E-state index in [1.165, 1.54) is 6.07 Å². The lowest BCUT2D eigenvalue weighted by Crippen LogP contribution is -2.40. The van der Waals surface area contributed by atoms with Gasteiger partial charge in [0.15, 0.2) is 0 Å². The van der Waals surface area contributed by atoms with Crippen molar-refractivity contribution in [3.05, 3.63) is 34.9 Å². The minimum Gasteiger partial charge on any atom is -0.385 e. The van der Waals surface area contributed by atoms with Crippen LogP contribution in [0.25, 0.3) is 0 Å². The van der Waals surface area contributed by atoms with Crippen LogP contribution in [-0.4, -0.2) is 19.8 Å². The van der Waals surface area contributed by atoms with Crippen LogP contribution in [0.2, 0.25) is 0 Å². The van der Waals surface area contributed by atoms with Crippen LogP contribution in [0.3, 0.4) is 0 Å². The van der Waals surface area contributed by atoms with E-state index in [-0.39, 0.29) is 34.5 Å². The van der Waals surface area contributed by atoms with E-state index in [1.54, 1.807) is 6.07 Å². The molecule has 0 amide bonds. The molecule has 7 heteroatoms. The van der Waals surface area contributed by atoms with Gasteiger partial charge in [0.2, 0.25) is 0 Å². The predicted molar refractivity (Wildman–Crippen MR) is 74.2 cm³/mol. The first-order chi connectivity index (χ1) is 10.2. The van der Waals surface area contributed by atoms with Crippen LogP contribution in [0.15, 0.2) is 18.2 Å². The molecule has 2 aliphatic rings. The lowest BCUT2D eigenvalue weighted by molar-refractivity contribution is -0.137. The van der Waals surface area contributed by atoms with Crippen molar-refractivity contribution in [1.82, 2.24) is 0 Å². The number of rotatable bonds is 1. The van der Waals surface area contributed by atoms with Gasteiger partial charge >= 0.3 is 6.18 Å². The highest BCUT2D eigenvalue weighted by molar-refractivity contribution is 7.86. The van der Waals surface area contributed by atoms with Gasteiger partial charge in [0.25, 0.3) is 0 Å². The maximum atomic E-state index is 13.0. The summed E-state index contributed by atoms with van der Waals surface area (Å²) >= 11 is 0. The second-order valence-corrected chi connectivity index (χ2v) is 7.99. The van der Waals surface area contributed by atoms with Crippen molar-refractivity contribution in [1.29, 1.82) is 5.26 Å². The maximum Gasteiger partial charge on any atom is 0.416 e. The molecule has 2 bridgehead atoms. The van der Waals surface area contributed by atoms with Gasteiger partial charge in [-0.2, -0.15) is 18.4 Å². The first-order valence-corrected chi connectivity index (χ1v) is 8.25. The molecule has 1 N–H and O–H groups in total. The van der Waals surface area contributed by atoms with Gasteiger partial charge < -0.3 is 5.11 Å². The van der Waals surface area contributed by atoms with E-state index in [0.717, 1.165) is 25.0 Å². The Bertz CT molecular complexity index is 664. The molecule has 2 fully saturated rings. The number of nitrogens with zero attached hydrogens (tertiary/aromatic N) is 1. The van der Waals surface area contributed by atoms with Crippen molar-refractivity contribution in [3.63, 3.8) is 0 Å². The van der Waals surface area contributed by atoms with Crippen LogP contribution in [0.1, 0.15) is 42.4 Å². The number of halogens is 3. The average Bonchev–Trinajstić information content (AvgIpc) is 2.69. The van der Waals surface area contributed by atoms with Crippen LogP contribution in [0.4, 0.5) is 13.2 Å². The number of hydrogen-bond acceptors (Lipinski definition) is 3. The molecule has 1 aromatic rings. The fourth-order valence-electron chi connectivity index (χ4n) is 3.44. The molecular formula is C15H14F3NO2S. The standard InChI is InChI=1S/C15H14F3NO2S/c16-15(17,18)11-4-9(8-19)3-10(5-11)14(20)6-12-1-2-13(7-14)22(12)21/h3-5,12-13,20H,1-2,6-7H2. The zero-order chi connectivity index (χ0) is 16.1. The first kappa shape index (κ1) is 15.5. The zero-order valence-electron chi connectivity index (χ0n) is 11.6. The lowest BCUT2D eigenvalue weighted by Gasteiger charge is -2.36. The van der Waals surface area contributed by atoms with Crippen LogP contribution in [0.5, 0.6) is 0 Å². The normalized spacial score (nSPS) is 34.4. The van der Waals surface area contributed by atoms with E-state index < -0.39 is 28.1 Å². The third kappa shape index (κ3) is 2.55. The van der Waals surface area contributed by atoms with Gasteiger partial charge in [0.1, 0.15) is 0 Å². The summed E-state index contributed by atoms with van der Waals surface area (Å²) in [6.45, 7) is 0. The molecule has 1 aromatic carbocycles. The fraction of sp³-hybridized carbons (Fsp3) is 0.533. The van der Waals surface area contributed by atoms with Crippen LogP contribution < -0.4 is 0 Å². The molecule has 0 aliphatic carbocycles. The molecule has 118 valence electrons. The highest BCUT2D eigenvalue weighted by Crippen LogP contribution is 2.46. The number of aliphatic hydroxyl groups is 1. The second-order valence-electron chi connectivity index (χ2n) is 6.00. The topological polar surface area (TPSA) is 61.1 Å². The molecule has 2 heterocycles. The van der Waals surface area contributed by atoms with Crippen LogP contribution >= 0.6 is 0 Å². The Balaban J connectivity index is 2.05. The molecule has 0 aromatic heterocycles. The van der Waals surface area contributed by atoms with Crippen molar-refractivity contribution in [3.8, 4) is 6.07 Å². The van der Waals surface area contributed by atoms with E-state index in [0.29, 0.717) is 0 Å². The molecule has 3 rings (SSSR count). The Morgan fingerprint density at radius 1 is 1.23 bits per heavy atom. The largest absolute Gasteiger partial charge is 0.416 e. The zero-order valence-corrected chi connectivity index (χ0v) is 12.4. The molecular weight excluding hydrogens is 315 g/mol. The Kier molecular flexibility index (Phi) is 3.57. The fourth-order valence-corrected chi connectivity index (χ4v) is 5.60. The molecule has 0 radical (unpaired) electrons. The molecule has 0 spiro atoms. The van der Waals surface area contributed by atoms with Crippen LogP contribution in [-0.2, 0) is 22.6 Å². The third-order valence-electron chi connectivity index (χ3n) is 4.53. The summed E-state index contributed by atoms with van der Waals surface area (Å²) in [5.41, 5.74) is -2.40. The minimum atomic E-state index is -4.57. The average molecular weight is 329 g/mol. The van der Waals surface area contributed by atoms with Gasteiger partial charge in [0.05, 0.1) is 22.8 Å². The highest BCUT2D eigenvalue weighted by atomic mass is 32.2. The van der Waals surface area contributed by atoms with Crippen molar-refractivity contribution in [2.75, 3.05) is 0 Å². The van der Waals surface area contributed by atoms with Crippen LogP contribution in [0, 0.1) is 11.3 Å². The number of alkyl halides is 3. The SMILES string of the molecule is N#Cc1cc(C(F)(F)F)cc(C2(O)CC3CCC(C2)S3=O)c1. The first-order valence-electron chi connectivity index (χ1n) is 6.97. The quantitative estimate of drug-likeness (QED) is 0.862. The minimum absolute atomic E-state index is 0.104. The highest BCUT2D eigenvalue weighted by Gasteiger charge is 2.49. The molecule has 2 aliphatic heterocycles. The number of hydrogen-bond donors (Lipinski definition) is 1. The number of benzene rings is 1.